The number of amides is 1. The molecule has 2 heterocycles. The summed E-state index contributed by atoms with van der Waals surface area (Å²) in [5.74, 6) is -1.42. The lowest BCUT2D eigenvalue weighted by Gasteiger charge is -2.27. The van der Waals surface area contributed by atoms with Crippen molar-refractivity contribution in [3.63, 3.8) is 0 Å². The first-order chi connectivity index (χ1) is 14.0. The van der Waals surface area contributed by atoms with Gasteiger partial charge in [0.2, 0.25) is 5.78 Å². The van der Waals surface area contributed by atoms with E-state index in [1.807, 2.05) is 67.5 Å². The molecular formula is C23H22N2O4. The number of likely N-dealkylation sites (N-methyl/N-ethyl adjacent to an activating group) is 1. The monoisotopic (exact) mass is 390 g/mol. The van der Waals surface area contributed by atoms with Crippen LogP contribution < -0.4 is 0 Å². The topological polar surface area (TPSA) is 74.0 Å². The summed E-state index contributed by atoms with van der Waals surface area (Å²) in [5.41, 5.74) is 1.41. The highest BCUT2D eigenvalue weighted by Gasteiger charge is 2.44. The second kappa shape index (κ2) is 7.56. The average Bonchev–Trinajstić information content (AvgIpc) is 3.26. The molecule has 1 N–H and O–H groups in total. The minimum absolute atomic E-state index is 0.0546. The van der Waals surface area contributed by atoms with E-state index >= 15 is 0 Å². The smallest absolute Gasteiger partial charge is 0.290 e. The van der Waals surface area contributed by atoms with Gasteiger partial charge in [-0.1, -0.05) is 48.5 Å². The van der Waals surface area contributed by atoms with E-state index in [0.29, 0.717) is 18.7 Å². The second-order valence-corrected chi connectivity index (χ2v) is 7.35. The predicted octanol–water partition coefficient (Wildman–Crippen LogP) is 3.57. The molecule has 2 aromatic carbocycles. The number of fused-ring (bicyclic) bond motifs is 1. The molecule has 0 aliphatic carbocycles. The number of carbonyl (C=O) groups is 2. The summed E-state index contributed by atoms with van der Waals surface area (Å²) >= 11 is 0. The molecule has 0 radical (unpaired) electrons. The van der Waals surface area contributed by atoms with Gasteiger partial charge in [0, 0.05) is 18.5 Å². The number of hydrogen-bond acceptors (Lipinski definition) is 5. The molecule has 0 saturated heterocycles. The van der Waals surface area contributed by atoms with E-state index in [9.17, 15) is 14.7 Å². The highest BCUT2D eigenvalue weighted by Crippen LogP contribution is 2.39. The Morgan fingerprint density at radius 2 is 1.79 bits per heavy atom. The fourth-order valence-electron chi connectivity index (χ4n) is 3.63. The van der Waals surface area contributed by atoms with Gasteiger partial charge >= 0.3 is 0 Å². The Morgan fingerprint density at radius 1 is 1.10 bits per heavy atom. The standard InChI is InChI=1S/C23H22N2O4/c1-24(2)12-13-25-20(15-8-4-3-5-9-15)19(22(27)23(25)28)21(26)18-14-16-10-6-7-11-17(16)29-18/h3-11,14,20,27H,12-13H2,1-2H3. The lowest BCUT2D eigenvalue weighted by atomic mass is 9.95. The van der Waals surface area contributed by atoms with Crippen molar-refractivity contribution in [2.75, 3.05) is 27.2 Å². The number of rotatable bonds is 6. The first-order valence-electron chi connectivity index (χ1n) is 9.44. The minimum Gasteiger partial charge on any atom is -0.503 e. The maximum atomic E-state index is 13.3. The maximum absolute atomic E-state index is 13.3. The van der Waals surface area contributed by atoms with Crippen LogP contribution in [-0.4, -0.2) is 53.8 Å². The first kappa shape index (κ1) is 19.0. The summed E-state index contributed by atoms with van der Waals surface area (Å²) < 4.78 is 5.71. The third-order valence-electron chi connectivity index (χ3n) is 5.10. The van der Waals surface area contributed by atoms with Crippen LogP contribution in [0, 0.1) is 0 Å². The molecule has 6 nitrogen and oxygen atoms in total. The quantitative estimate of drug-likeness (QED) is 0.652. The fraction of sp³-hybridized carbons (Fsp3) is 0.217. The zero-order valence-corrected chi connectivity index (χ0v) is 16.3. The third-order valence-corrected chi connectivity index (χ3v) is 5.10. The van der Waals surface area contributed by atoms with Gasteiger partial charge < -0.3 is 19.3 Å². The zero-order valence-electron chi connectivity index (χ0n) is 16.3. The summed E-state index contributed by atoms with van der Waals surface area (Å²) in [6.07, 6.45) is 0. The van der Waals surface area contributed by atoms with Crippen LogP contribution in [0.2, 0.25) is 0 Å². The molecule has 1 atom stereocenters. The van der Waals surface area contributed by atoms with Crippen LogP contribution in [-0.2, 0) is 4.79 Å². The molecule has 6 heteroatoms. The van der Waals surface area contributed by atoms with Gasteiger partial charge in [0.25, 0.3) is 5.91 Å². The van der Waals surface area contributed by atoms with E-state index in [0.717, 1.165) is 10.9 Å². The number of Topliss-reactive ketones (excluding diaryl/α,β-unsaturated/α-hetero) is 1. The van der Waals surface area contributed by atoms with Crippen molar-refractivity contribution in [3.8, 4) is 0 Å². The minimum atomic E-state index is -0.663. The molecule has 0 bridgehead atoms. The molecule has 1 aliphatic rings. The van der Waals surface area contributed by atoms with Gasteiger partial charge in [0.1, 0.15) is 5.58 Å². The van der Waals surface area contributed by atoms with Gasteiger partial charge in [-0.2, -0.15) is 0 Å². The Labute approximate surface area is 168 Å². The van der Waals surface area contributed by atoms with E-state index in [2.05, 4.69) is 0 Å². The molecule has 1 amide bonds. The number of benzene rings is 2. The van der Waals surface area contributed by atoms with Gasteiger partial charge in [-0.05, 0) is 31.8 Å². The summed E-state index contributed by atoms with van der Waals surface area (Å²) in [6.45, 7) is 0.987. The van der Waals surface area contributed by atoms with Crippen molar-refractivity contribution in [1.82, 2.24) is 9.80 Å². The highest BCUT2D eigenvalue weighted by molar-refractivity contribution is 6.16. The van der Waals surface area contributed by atoms with E-state index in [1.165, 1.54) is 0 Å². The molecule has 1 unspecified atom stereocenters. The van der Waals surface area contributed by atoms with Gasteiger partial charge in [-0.15, -0.1) is 0 Å². The molecule has 29 heavy (non-hydrogen) atoms. The van der Waals surface area contributed by atoms with Crippen molar-refractivity contribution in [2.24, 2.45) is 0 Å². The van der Waals surface area contributed by atoms with Crippen LogP contribution in [0.3, 0.4) is 0 Å². The van der Waals surface area contributed by atoms with Crippen LogP contribution in [0.1, 0.15) is 22.2 Å². The number of furan rings is 1. The SMILES string of the molecule is CN(C)CCN1C(=O)C(O)=C(C(=O)c2cc3ccccc3o2)C1c1ccccc1. The van der Waals surface area contributed by atoms with Crippen LogP contribution in [0.25, 0.3) is 11.0 Å². The van der Waals surface area contributed by atoms with E-state index < -0.39 is 23.5 Å². The number of aliphatic hydroxyl groups excluding tert-OH is 1. The average molecular weight is 390 g/mol. The number of carbonyl (C=O) groups excluding carboxylic acids is 2. The van der Waals surface area contributed by atoms with Crippen LogP contribution in [0.4, 0.5) is 0 Å². The normalized spacial score (nSPS) is 17.0. The van der Waals surface area contributed by atoms with Crippen LogP contribution in [0.5, 0.6) is 0 Å². The predicted molar refractivity (Wildman–Crippen MR) is 110 cm³/mol. The number of hydrogen-bond donors (Lipinski definition) is 1. The summed E-state index contributed by atoms with van der Waals surface area (Å²) in [4.78, 5) is 29.7. The van der Waals surface area contributed by atoms with Gasteiger partial charge in [-0.3, -0.25) is 9.59 Å². The van der Waals surface area contributed by atoms with Gasteiger partial charge in [0.05, 0.1) is 11.6 Å². The summed E-state index contributed by atoms with van der Waals surface area (Å²) in [6, 6.07) is 17.6. The molecule has 0 saturated carbocycles. The Kier molecular flexibility index (Phi) is 4.94. The second-order valence-electron chi connectivity index (χ2n) is 7.35. The Bertz CT molecular complexity index is 1070. The largest absolute Gasteiger partial charge is 0.503 e. The lowest BCUT2D eigenvalue weighted by Crippen LogP contribution is -2.36. The summed E-state index contributed by atoms with van der Waals surface area (Å²) in [5, 5.41) is 11.4. The molecule has 1 aliphatic heterocycles. The number of aliphatic hydroxyl groups is 1. The molecule has 148 valence electrons. The van der Waals surface area contributed by atoms with Crippen LogP contribution >= 0.6 is 0 Å². The molecule has 0 fully saturated rings. The molecule has 0 spiro atoms. The fourth-order valence-corrected chi connectivity index (χ4v) is 3.63. The van der Waals surface area contributed by atoms with Crippen molar-refractivity contribution in [3.05, 3.63) is 83.3 Å². The van der Waals surface area contributed by atoms with Gasteiger partial charge in [-0.25, -0.2) is 0 Å². The highest BCUT2D eigenvalue weighted by atomic mass is 16.3. The molecule has 3 aromatic rings. The Balaban J connectivity index is 1.78. The summed E-state index contributed by atoms with van der Waals surface area (Å²) in [7, 11) is 3.82. The number of para-hydroxylation sites is 1. The van der Waals surface area contributed by atoms with Gasteiger partial charge in [0.15, 0.2) is 11.5 Å². The van der Waals surface area contributed by atoms with E-state index in [1.54, 1.807) is 17.0 Å². The van der Waals surface area contributed by atoms with Crippen molar-refractivity contribution in [2.45, 2.75) is 6.04 Å². The van der Waals surface area contributed by atoms with Crippen molar-refractivity contribution in [1.29, 1.82) is 0 Å². The zero-order chi connectivity index (χ0) is 20.5. The van der Waals surface area contributed by atoms with Crippen LogP contribution in [0.15, 0.2) is 76.4 Å². The van der Waals surface area contributed by atoms with Crippen molar-refractivity contribution >= 4 is 22.7 Å². The lowest BCUT2D eigenvalue weighted by molar-refractivity contribution is -0.129. The Morgan fingerprint density at radius 3 is 2.48 bits per heavy atom. The Hall–Kier alpha value is -3.38. The number of nitrogens with zero attached hydrogens (tertiary/aromatic N) is 2. The van der Waals surface area contributed by atoms with E-state index in [-0.39, 0.29) is 11.3 Å². The first-order valence-corrected chi connectivity index (χ1v) is 9.44. The third kappa shape index (κ3) is 3.43. The van der Waals surface area contributed by atoms with Crippen molar-refractivity contribution < 1.29 is 19.1 Å². The maximum Gasteiger partial charge on any atom is 0.290 e. The molecule has 4 rings (SSSR count). The molecular weight excluding hydrogens is 368 g/mol. The molecule has 1 aromatic heterocycles. The van der Waals surface area contributed by atoms with E-state index in [4.69, 9.17) is 4.42 Å². The number of ketones is 1.